The second-order valence-corrected chi connectivity index (χ2v) is 4.73. The topological polar surface area (TPSA) is 76.2 Å². The van der Waals surface area contributed by atoms with Crippen LogP contribution in [0.2, 0.25) is 0 Å². The Hall–Kier alpha value is -1.76. The van der Waals surface area contributed by atoms with Crippen LogP contribution in [0.4, 0.5) is 4.39 Å². The molecule has 1 aromatic carbocycles. The third kappa shape index (κ3) is 3.60. The number of carboxylic acids is 1. The van der Waals surface area contributed by atoms with E-state index in [0.717, 1.165) is 0 Å². The molecule has 2 rings (SSSR count). The van der Waals surface area contributed by atoms with E-state index in [4.69, 9.17) is 9.52 Å². The van der Waals surface area contributed by atoms with Crippen LogP contribution in [0.15, 0.2) is 27.1 Å². The SMILES string of the molecule is O=C(O)CCCc1nnc(-c2ccc(F)cc2Br)o1. The zero-order chi connectivity index (χ0) is 13.8. The normalized spacial score (nSPS) is 10.6. The number of rotatable bonds is 5. The third-order valence-electron chi connectivity index (χ3n) is 2.41. The lowest BCUT2D eigenvalue weighted by Gasteiger charge is -1.98. The molecule has 0 atom stereocenters. The molecule has 0 fully saturated rings. The van der Waals surface area contributed by atoms with E-state index in [0.29, 0.717) is 28.8 Å². The molecule has 1 aromatic heterocycles. The maximum Gasteiger partial charge on any atom is 0.303 e. The Morgan fingerprint density at radius 3 is 2.89 bits per heavy atom. The summed E-state index contributed by atoms with van der Waals surface area (Å²) in [7, 11) is 0. The third-order valence-corrected chi connectivity index (χ3v) is 3.07. The minimum absolute atomic E-state index is 0.0535. The first-order valence-electron chi connectivity index (χ1n) is 5.56. The number of hydrogen-bond acceptors (Lipinski definition) is 4. The summed E-state index contributed by atoms with van der Waals surface area (Å²) in [4.78, 5) is 10.4. The number of aliphatic carboxylic acids is 1. The molecule has 0 spiro atoms. The predicted octanol–water partition coefficient (Wildman–Crippen LogP) is 3.05. The van der Waals surface area contributed by atoms with Crippen molar-refractivity contribution in [3.8, 4) is 11.5 Å². The summed E-state index contributed by atoms with van der Waals surface area (Å²) in [6.45, 7) is 0. The molecule has 0 bridgehead atoms. The van der Waals surface area contributed by atoms with Crippen molar-refractivity contribution in [1.82, 2.24) is 10.2 Å². The van der Waals surface area contributed by atoms with Gasteiger partial charge in [-0.1, -0.05) is 0 Å². The zero-order valence-corrected chi connectivity index (χ0v) is 11.4. The van der Waals surface area contributed by atoms with Crippen LogP contribution in [0.3, 0.4) is 0 Å². The maximum atomic E-state index is 13.0. The molecule has 2 aromatic rings. The van der Waals surface area contributed by atoms with Crippen molar-refractivity contribution in [1.29, 1.82) is 0 Å². The molecule has 1 heterocycles. The van der Waals surface area contributed by atoms with Gasteiger partial charge in [-0.3, -0.25) is 4.79 Å². The van der Waals surface area contributed by atoms with E-state index >= 15 is 0 Å². The highest BCUT2D eigenvalue weighted by atomic mass is 79.9. The maximum absolute atomic E-state index is 13.0. The Morgan fingerprint density at radius 1 is 1.42 bits per heavy atom. The molecule has 0 saturated carbocycles. The smallest absolute Gasteiger partial charge is 0.303 e. The summed E-state index contributed by atoms with van der Waals surface area (Å²) in [5.74, 6) is -0.581. The largest absolute Gasteiger partial charge is 0.481 e. The number of carboxylic acid groups (broad SMARTS) is 1. The Balaban J connectivity index is 2.10. The van der Waals surface area contributed by atoms with Crippen molar-refractivity contribution >= 4 is 21.9 Å². The first-order chi connectivity index (χ1) is 9.06. The highest BCUT2D eigenvalue weighted by Gasteiger charge is 2.12. The number of carbonyl (C=O) groups is 1. The first-order valence-corrected chi connectivity index (χ1v) is 6.35. The summed E-state index contributed by atoms with van der Waals surface area (Å²) < 4.78 is 18.9. The van der Waals surface area contributed by atoms with Gasteiger partial charge >= 0.3 is 5.97 Å². The fraction of sp³-hybridized carbons (Fsp3) is 0.250. The van der Waals surface area contributed by atoms with Gasteiger partial charge in [0.05, 0.1) is 5.56 Å². The molecule has 0 aliphatic carbocycles. The standard InChI is InChI=1S/C12H10BrFN2O3/c13-9-6-7(14)4-5-8(9)12-16-15-10(19-12)2-1-3-11(17)18/h4-6H,1-3H2,(H,17,18). The van der Waals surface area contributed by atoms with Gasteiger partial charge in [0, 0.05) is 17.3 Å². The highest BCUT2D eigenvalue weighted by molar-refractivity contribution is 9.10. The van der Waals surface area contributed by atoms with Crippen LogP contribution in [0.1, 0.15) is 18.7 Å². The van der Waals surface area contributed by atoms with Crippen LogP contribution < -0.4 is 0 Å². The van der Waals surface area contributed by atoms with E-state index in [-0.39, 0.29) is 18.1 Å². The van der Waals surface area contributed by atoms with E-state index in [1.54, 1.807) is 0 Å². The van der Waals surface area contributed by atoms with Crippen molar-refractivity contribution in [3.63, 3.8) is 0 Å². The predicted molar refractivity (Wildman–Crippen MR) is 68.0 cm³/mol. The van der Waals surface area contributed by atoms with Gasteiger partial charge in [-0.2, -0.15) is 0 Å². The zero-order valence-electron chi connectivity index (χ0n) is 9.77. The van der Waals surface area contributed by atoms with Gasteiger partial charge in [0.1, 0.15) is 5.82 Å². The Labute approximate surface area is 116 Å². The van der Waals surface area contributed by atoms with E-state index in [9.17, 15) is 9.18 Å². The van der Waals surface area contributed by atoms with Crippen LogP contribution in [-0.2, 0) is 11.2 Å². The van der Waals surface area contributed by atoms with Crippen LogP contribution in [-0.4, -0.2) is 21.3 Å². The monoisotopic (exact) mass is 328 g/mol. The fourth-order valence-electron chi connectivity index (χ4n) is 1.52. The van der Waals surface area contributed by atoms with Crippen molar-refractivity contribution in [2.24, 2.45) is 0 Å². The lowest BCUT2D eigenvalue weighted by atomic mass is 10.2. The highest BCUT2D eigenvalue weighted by Crippen LogP contribution is 2.27. The summed E-state index contributed by atoms with van der Waals surface area (Å²) in [6, 6.07) is 4.14. The molecule has 0 aliphatic rings. The lowest BCUT2D eigenvalue weighted by Crippen LogP contribution is -1.95. The fourth-order valence-corrected chi connectivity index (χ4v) is 2.04. The Bertz CT molecular complexity index is 600. The van der Waals surface area contributed by atoms with Gasteiger partial charge < -0.3 is 9.52 Å². The number of halogens is 2. The molecule has 19 heavy (non-hydrogen) atoms. The number of nitrogens with zero attached hydrogens (tertiary/aromatic N) is 2. The van der Waals surface area contributed by atoms with E-state index in [1.165, 1.54) is 18.2 Å². The average Bonchev–Trinajstić information content (AvgIpc) is 2.77. The average molecular weight is 329 g/mol. The Morgan fingerprint density at radius 2 is 2.21 bits per heavy atom. The second kappa shape index (κ2) is 5.92. The quantitative estimate of drug-likeness (QED) is 0.912. The molecule has 0 aliphatic heterocycles. The van der Waals surface area contributed by atoms with Crippen LogP contribution >= 0.6 is 15.9 Å². The van der Waals surface area contributed by atoms with Crippen molar-refractivity contribution in [3.05, 3.63) is 34.4 Å². The number of aromatic nitrogens is 2. The van der Waals surface area contributed by atoms with E-state index in [1.807, 2.05) is 0 Å². The Kier molecular flexibility index (Phi) is 4.26. The molecule has 0 radical (unpaired) electrons. The van der Waals surface area contributed by atoms with Gasteiger partial charge in [-0.05, 0) is 40.5 Å². The molecule has 1 N–H and O–H groups in total. The molecule has 0 saturated heterocycles. The number of hydrogen-bond donors (Lipinski definition) is 1. The van der Waals surface area contributed by atoms with Crippen LogP contribution in [0.25, 0.3) is 11.5 Å². The van der Waals surface area contributed by atoms with Crippen LogP contribution in [0, 0.1) is 5.82 Å². The van der Waals surface area contributed by atoms with Gasteiger partial charge in [-0.15, -0.1) is 10.2 Å². The van der Waals surface area contributed by atoms with Crippen molar-refractivity contribution in [2.75, 3.05) is 0 Å². The summed E-state index contributed by atoms with van der Waals surface area (Å²) in [6.07, 6.45) is 0.887. The van der Waals surface area contributed by atoms with Gasteiger partial charge in [0.25, 0.3) is 0 Å². The molecule has 100 valence electrons. The molecular weight excluding hydrogens is 319 g/mol. The van der Waals surface area contributed by atoms with Gasteiger partial charge in [0.15, 0.2) is 0 Å². The van der Waals surface area contributed by atoms with Gasteiger partial charge in [0.2, 0.25) is 11.8 Å². The van der Waals surface area contributed by atoms with Crippen LogP contribution in [0.5, 0.6) is 0 Å². The molecule has 5 nitrogen and oxygen atoms in total. The minimum atomic E-state index is -0.860. The summed E-state index contributed by atoms with van der Waals surface area (Å²) in [5.41, 5.74) is 0.596. The summed E-state index contributed by atoms with van der Waals surface area (Å²) >= 11 is 3.22. The lowest BCUT2D eigenvalue weighted by molar-refractivity contribution is -0.137. The molecule has 0 unspecified atom stereocenters. The van der Waals surface area contributed by atoms with Crippen molar-refractivity contribution < 1.29 is 18.7 Å². The first kappa shape index (κ1) is 13.7. The van der Waals surface area contributed by atoms with Crippen molar-refractivity contribution in [2.45, 2.75) is 19.3 Å². The number of benzene rings is 1. The summed E-state index contributed by atoms with van der Waals surface area (Å²) in [5, 5.41) is 16.2. The minimum Gasteiger partial charge on any atom is -0.481 e. The van der Waals surface area contributed by atoms with E-state index < -0.39 is 5.97 Å². The molecule has 7 heteroatoms. The second-order valence-electron chi connectivity index (χ2n) is 3.87. The van der Waals surface area contributed by atoms with Gasteiger partial charge in [-0.25, -0.2) is 4.39 Å². The molecular formula is C12H10BrFN2O3. The number of aryl methyl sites for hydroxylation is 1. The van der Waals surface area contributed by atoms with E-state index in [2.05, 4.69) is 26.1 Å². The molecule has 0 amide bonds.